The number of ether oxygens (including phenoxy) is 1. The zero-order valence-corrected chi connectivity index (χ0v) is 19.1. The molecule has 0 aliphatic heterocycles. The summed E-state index contributed by atoms with van der Waals surface area (Å²) in [5.74, 6) is 0.917. The maximum atomic E-state index is 6.73. The van der Waals surface area contributed by atoms with Gasteiger partial charge in [0.15, 0.2) is 8.32 Å². The van der Waals surface area contributed by atoms with E-state index in [9.17, 15) is 0 Å². The van der Waals surface area contributed by atoms with Gasteiger partial charge < -0.3 is 9.16 Å². The Balaban J connectivity index is 2.52. The lowest BCUT2D eigenvalue weighted by Crippen LogP contribution is -2.38. The van der Waals surface area contributed by atoms with Gasteiger partial charge >= 0.3 is 0 Å². The van der Waals surface area contributed by atoms with Gasteiger partial charge in [-0.05, 0) is 43.1 Å². The molecule has 0 heterocycles. The summed E-state index contributed by atoms with van der Waals surface area (Å²) in [6.07, 6.45) is 11.8. The van der Waals surface area contributed by atoms with Crippen molar-refractivity contribution >= 4 is 8.32 Å². The van der Waals surface area contributed by atoms with Crippen LogP contribution >= 0.6 is 0 Å². The standard InChI is InChI=1S/C24H42O2Si/c1-5-9-20-27(21-10-6-2,22-11-7-3)25-19-15-18-23(8-4)26-24-16-13-12-14-17-24/h8,12-14,16-17,23H,4-7,9-11,15,18-22H2,1-3H3. The highest BCUT2D eigenvalue weighted by molar-refractivity contribution is 6.73. The number of hydrogen-bond acceptors (Lipinski definition) is 2. The number of para-hydroxylation sites is 1. The van der Waals surface area contributed by atoms with Crippen molar-refractivity contribution in [2.45, 2.75) is 96.4 Å². The molecule has 0 saturated carbocycles. The van der Waals surface area contributed by atoms with Crippen LogP contribution in [0.25, 0.3) is 0 Å². The van der Waals surface area contributed by atoms with E-state index in [1.54, 1.807) is 0 Å². The molecule has 0 aromatic heterocycles. The smallest absolute Gasteiger partial charge is 0.192 e. The Labute approximate surface area is 169 Å². The third-order valence-electron chi connectivity index (χ3n) is 5.29. The quantitative estimate of drug-likeness (QED) is 0.154. The first-order valence-corrected chi connectivity index (χ1v) is 13.7. The van der Waals surface area contributed by atoms with Crippen LogP contribution < -0.4 is 4.74 Å². The van der Waals surface area contributed by atoms with Crippen LogP contribution in [0.5, 0.6) is 5.75 Å². The first-order valence-electron chi connectivity index (χ1n) is 11.2. The molecule has 0 spiro atoms. The molecule has 27 heavy (non-hydrogen) atoms. The van der Waals surface area contributed by atoms with Gasteiger partial charge in [-0.25, -0.2) is 0 Å². The van der Waals surface area contributed by atoms with Gasteiger partial charge in [0.25, 0.3) is 0 Å². The summed E-state index contributed by atoms with van der Waals surface area (Å²) in [7, 11) is -1.58. The Hall–Kier alpha value is -1.06. The molecule has 0 aliphatic carbocycles. The van der Waals surface area contributed by atoms with E-state index in [2.05, 4.69) is 27.4 Å². The van der Waals surface area contributed by atoms with Crippen LogP contribution in [0.3, 0.4) is 0 Å². The van der Waals surface area contributed by atoms with Gasteiger partial charge in [-0.1, -0.05) is 90.2 Å². The lowest BCUT2D eigenvalue weighted by atomic mass is 10.2. The maximum absolute atomic E-state index is 6.73. The van der Waals surface area contributed by atoms with Crippen LogP contribution in [0.2, 0.25) is 18.1 Å². The summed E-state index contributed by atoms with van der Waals surface area (Å²) < 4.78 is 12.8. The second-order valence-electron chi connectivity index (χ2n) is 7.69. The summed E-state index contributed by atoms with van der Waals surface area (Å²) in [6.45, 7) is 11.7. The van der Waals surface area contributed by atoms with Crippen molar-refractivity contribution in [2.75, 3.05) is 6.61 Å². The van der Waals surface area contributed by atoms with Crippen LogP contribution in [0.15, 0.2) is 43.0 Å². The molecule has 1 aromatic carbocycles. The third kappa shape index (κ3) is 10.2. The highest BCUT2D eigenvalue weighted by atomic mass is 28.4. The zero-order chi connectivity index (χ0) is 19.8. The van der Waals surface area contributed by atoms with Crippen molar-refractivity contribution in [3.63, 3.8) is 0 Å². The Kier molecular flexibility index (Phi) is 13.3. The van der Waals surface area contributed by atoms with Crippen molar-refractivity contribution in [1.82, 2.24) is 0 Å². The first kappa shape index (κ1) is 24.0. The lowest BCUT2D eigenvalue weighted by Gasteiger charge is -2.32. The molecule has 0 saturated heterocycles. The summed E-state index contributed by atoms with van der Waals surface area (Å²) >= 11 is 0. The van der Waals surface area contributed by atoms with Crippen molar-refractivity contribution in [3.05, 3.63) is 43.0 Å². The molecule has 0 radical (unpaired) electrons. The predicted molar refractivity (Wildman–Crippen MR) is 121 cm³/mol. The zero-order valence-electron chi connectivity index (χ0n) is 18.1. The van der Waals surface area contributed by atoms with Gasteiger partial charge in [-0.3, -0.25) is 0 Å². The average Bonchev–Trinajstić information content (AvgIpc) is 2.71. The Bertz CT molecular complexity index is 453. The monoisotopic (exact) mass is 390 g/mol. The van der Waals surface area contributed by atoms with Crippen LogP contribution in [0, 0.1) is 0 Å². The minimum Gasteiger partial charge on any atom is -0.486 e. The molecule has 1 unspecified atom stereocenters. The molecule has 0 amide bonds. The van der Waals surface area contributed by atoms with Gasteiger partial charge in [0.05, 0.1) is 0 Å². The Morgan fingerprint density at radius 1 is 0.889 bits per heavy atom. The van der Waals surface area contributed by atoms with E-state index >= 15 is 0 Å². The number of rotatable bonds is 17. The molecule has 0 fully saturated rings. The molecule has 2 nitrogen and oxygen atoms in total. The second kappa shape index (κ2) is 14.9. The maximum Gasteiger partial charge on any atom is 0.192 e. The molecular weight excluding hydrogens is 348 g/mol. The van der Waals surface area contributed by atoms with E-state index in [1.807, 2.05) is 36.4 Å². The number of unbranched alkanes of at least 4 members (excludes halogenated alkanes) is 3. The van der Waals surface area contributed by atoms with E-state index in [0.717, 1.165) is 25.2 Å². The fraction of sp³-hybridized carbons (Fsp3) is 0.667. The Morgan fingerprint density at radius 3 is 1.93 bits per heavy atom. The van der Waals surface area contributed by atoms with Gasteiger partial charge in [-0.2, -0.15) is 0 Å². The van der Waals surface area contributed by atoms with Crippen molar-refractivity contribution in [1.29, 1.82) is 0 Å². The van der Waals surface area contributed by atoms with Gasteiger partial charge in [0.1, 0.15) is 11.9 Å². The average molecular weight is 391 g/mol. The van der Waals surface area contributed by atoms with Gasteiger partial charge in [0, 0.05) is 6.61 Å². The fourth-order valence-corrected chi connectivity index (χ4v) is 8.31. The van der Waals surface area contributed by atoms with E-state index in [1.165, 1.54) is 56.7 Å². The summed E-state index contributed by atoms with van der Waals surface area (Å²) in [6, 6.07) is 14.1. The number of hydrogen-bond donors (Lipinski definition) is 0. The molecule has 1 aromatic rings. The minimum absolute atomic E-state index is 0.0639. The van der Waals surface area contributed by atoms with Crippen LogP contribution in [-0.2, 0) is 4.43 Å². The van der Waals surface area contributed by atoms with E-state index in [-0.39, 0.29) is 6.10 Å². The summed E-state index contributed by atoms with van der Waals surface area (Å²) in [5.41, 5.74) is 0. The molecule has 0 aliphatic rings. The molecule has 0 bridgehead atoms. The van der Waals surface area contributed by atoms with Crippen LogP contribution in [-0.4, -0.2) is 21.0 Å². The van der Waals surface area contributed by atoms with Gasteiger partial charge in [0.2, 0.25) is 0 Å². The van der Waals surface area contributed by atoms with Crippen LogP contribution in [0.4, 0.5) is 0 Å². The molecule has 1 rings (SSSR count). The van der Waals surface area contributed by atoms with Gasteiger partial charge in [-0.15, -0.1) is 0 Å². The topological polar surface area (TPSA) is 18.5 Å². The van der Waals surface area contributed by atoms with E-state index in [4.69, 9.17) is 9.16 Å². The SMILES string of the molecule is C=CC(CCCO[Si](CCCC)(CCCC)CCCC)Oc1ccccc1. The molecule has 3 heteroatoms. The van der Waals surface area contributed by atoms with Crippen molar-refractivity contribution in [3.8, 4) is 5.75 Å². The summed E-state index contributed by atoms with van der Waals surface area (Å²) in [4.78, 5) is 0. The first-order chi connectivity index (χ1) is 13.2. The largest absolute Gasteiger partial charge is 0.486 e. The van der Waals surface area contributed by atoms with Crippen LogP contribution in [0.1, 0.15) is 72.1 Å². The minimum atomic E-state index is -1.58. The predicted octanol–water partition coefficient (Wildman–Crippen LogP) is 7.76. The van der Waals surface area contributed by atoms with Crippen molar-refractivity contribution in [2.24, 2.45) is 0 Å². The molecular formula is C24H42O2Si. The highest BCUT2D eigenvalue weighted by Crippen LogP contribution is 2.30. The van der Waals surface area contributed by atoms with E-state index in [0.29, 0.717) is 0 Å². The lowest BCUT2D eigenvalue weighted by molar-refractivity contribution is 0.212. The Morgan fingerprint density at radius 2 is 1.44 bits per heavy atom. The third-order valence-corrected chi connectivity index (χ3v) is 9.90. The number of benzene rings is 1. The highest BCUT2D eigenvalue weighted by Gasteiger charge is 2.32. The molecule has 0 N–H and O–H groups in total. The van der Waals surface area contributed by atoms with Crippen molar-refractivity contribution < 1.29 is 9.16 Å². The molecule has 1 atom stereocenters. The fourth-order valence-electron chi connectivity index (χ4n) is 3.56. The normalized spacial score (nSPS) is 12.7. The van der Waals surface area contributed by atoms with E-state index < -0.39 is 8.32 Å². The second-order valence-corrected chi connectivity index (χ2v) is 11.8. The summed E-state index contributed by atoms with van der Waals surface area (Å²) in [5, 5.41) is 0. The molecule has 154 valence electrons.